The van der Waals surface area contributed by atoms with Gasteiger partial charge in [-0.3, -0.25) is 9.69 Å². The molecule has 2 heterocycles. The summed E-state index contributed by atoms with van der Waals surface area (Å²) in [6.07, 6.45) is 4.13. The number of pyridine rings is 1. The standard InChI is InChI=1S/C23H27N5OS/c1-30-23-20(16-24)19(15-21(26-23)17-7-8-17)22(29)25-9-10-27-11-13-28(14-12-27)18-5-3-2-4-6-18/h2-6,15,17H,7-14H2,1H3,(H,25,29). The van der Waals surface area contributed by atoms with Crippen LogP contribution in [0.5, 0.6) is 0 Å². The number of nitrogens with zero attached hydrogens (tertiary/aromatic N) is 4. The van der Waals surface area contributed by atoms with E-state index in [4.69, 9.17) is 0 Å². The summed E-state index contributed by atoms with van der Waals surface area (Å²) < 4.78 is 0. The first-order chi connectivity index (χ1) is 14.7. The average Bonchev–Trinajstić information content (AvgIpc) is 3.64. The number of aromatic nitrogens is 1. The van der Waals surface area contributed by atoms with E-state index < -0.39 is 0 Å². The fourth-order valence-electron chi connectivity index (χ4n) is 3.86. The van der Waals surface area contributed by atoms with E-state index in [0.717, 1.165) is 51.3 Å². The molecule has 1 aliphatic carbocycles. The number of rotatable bonds is 7. The largest absolute Gasteiger partial charge is 0.369 e. The van der Waals surface area contributed by atoms with Gasteiger partial charge < -0.3 is 10.2 Å². The minimum absolute atomic E-state index is 0.172. The smallest absolute Gasteiger partial charge is 0.252 e. The molecule has 2 aliphatic rings. The van der Waals surface area contributed by atoms with Gasteiger partial charge >= 0.3 is 0 Å². The molecule has 1 N–H and O–H groups in total. The summed E-state index contributed by atoms with van der Waals surface area (Å²) in [6.45, 7) is 5.32. The minimum atomic E-state index is -0.172. The maximum Gasteiger partial charge on any atom is 0.252 e. The van der Waals surface area contributed by atoms with Gasteiger partial charge in [0.15, 0.2) is 0 Å². The highest BCUT2D eigenvalue weighted by Crippen LogP contribution is 2.40. The van der Waals surface area contributed by atoms with Crippen molar-refractivity contribution >= 4 is 23.4 Å². The first-order valence-corrected chi connectivity index (χ1v) is 11.7. The Hall–Kier alpha value is -2.56. The molecule has 1 aliphatic heterocycles. The van der Waals surface area contributed by atoms with E-state index in [1.807, 2.05) is 18.4 Å². The lowest BCUT2D eigenvalue weighted by molar-refractivity contribution is 0.0947. The van der Waals surface area contributed by atoms with Crippen molar-refractivity contribution in [3.63, 3.8) is 0 Å². The number of hydrogen-bond donors (Lipinski definition) is 1. The molecule has 6 nitrogen and oxygen atoms in total. The van der Waals surface area contributed by atoms with E-state index in [0.29, 0.717) is 28.6 Å². The Balaban J connectivity index is 1.31. The molecule has 1 saturated carbocycles. The molecule has 0 atom stereocenters. The van der Waals surface area contributed by atoms with Gasteiger partial charge in [0, 0.05) is 56.6 Å². The molecule has 156 valence electrons. The number of carbonyl (C=O) groups is 1. The second-order valence-corrected chi connectivity index (χ2v) is 8.58. The van der Waals surface area contributed by atoms with E-state index in [2.05, 4.69) is 50.4 Å². The van der Waals surface area contributed by atoms with Crippen LogP contribution < -0.4 is 10.2 Å². The Morgan fingerprint density at radius 2 is 1.97 bits per heavy atom. The molecule has 1 amide bonds. The Labute approximate surface area is 182 Å². The number of para-hydroxylation sites is 1. The third-order valence-electron chi connectivity index (χ3n) is 5.76. The van der Waals surface area contributed by atoms with Gasteiger partial charge in [-0.05, 0) is 37.3 Å². The molecule has 2 aromatic rings. The molecular weight excluding hydrogens is 394 g/mol. The van der Waals surface area contributed by atoms with Gasteiger partial charge in [-0.1, -0.05) is 18.2 Å². The van der Waals surface area contributed by atoms with Gasteiger partial charge in [0.1, 0.15) is 11.1 Å². The van der Waals surface area contributed by atoms with Gasteiger partial charge in [-0.2, -0.15) is 5.26 Å². The van der Waals surface area contributed by atoms with E-state index in [1.165, 1.54) is 17.4 Å². The summed E-state index contributed by atoms with van der Waals surface area (Å²) in [5.74, 6) is 0.269. The lowest BCUT2D eigenvalue weighted by Crippen LogP contribution is -2.48. The second kappa shape index (κ2) is 9.50. The zero-order valence-corrected chi connectivity index (χ0v) is 18.1. The fourth-order valence-corrected chi connectivity index (χ4v) is 4.41. The molecule has 1 aromatic heterocycles. The van der Waals surface area contributed by atoms with Gasteiger partial charge in [0.25, 0.3) is 5.91 Å². The molecule has 1 saturated heterocycles. The van der Waals surface area contributed by atoms with E-state index >= 15 is 0 Å². The van der Waals surface area contributed by atoms with Gasteiger partial charge in [0.05, 0.1) is 11.1 Å². The van der Waals surface area contributed by atoms with Crippen molar-refractivity contribution in [2.75, 3.05) is 50.4 Å². The number of amides is 1. The van der Waals surface area contributed by atoms with Gasteiger partial charge in [-0.15, -0.1) is 11.8 Å². The van der Waals surface area contributed by atoms with Crippen molar-refractivity contribution in [3.8, 4) is 6.07 Å². The van der Waals surface area contributed by atoms with Crippen molar-refractivity contribution in [3.05, 3.63) is 53.2 Å². The van der Waals surface area contributed by atoms with Crippen LogP contribution in [0.15, 0.2) is 41.4 Å². The van der Waals surface area contributed by atoms with Crippen molar-refractivity contribution in [2.45, 2.75) is 23.8 Å². The molecule has 4 rings (SSSR count). The van der Waals surface area contributed by atoms with Gasteiger partial charge in [-0.25, -0.2) is 4.98 Å². The van der Waals surface area contributed by atoms with E-state index in [-0.39, 0.29) is 5.91 Å². The van der Waals surface area contributed by atoms with E-state index in [9.17, 15) is 10.1 Å². The summed E-state index contributed by atoms with van der Waals surface area (Å²) in [4.78, 5) is 22.2. The number of benzene rings is 1. The highest BCUT2D eigenvalue weighted by Gasteiger charge is 2.28. The van der Waals surface area contributed by atoms with Gasteiger partial charge in [0.2, 0.25) is 0 Å². The zero-order chi connectivity index (χ0) is 20.9. The molecule has 0 bridgehead atoms. The minimum Gasteiger partial charge on any atom is -0.369 e. The predicted molar refractivity (Wildman–Crippen MR) is 120 cm³/mol. The zero-order valence-electron chi connectivity index (χ0n) is 17.3. The summed E-state index contributed by atoms with van der Waals surface area (Å²) in [5, 5.41) is 13.3. The third kappa shape index (κ3) is 4.77. The van der Waals surface area contributed by atoms with Crippen LogP contribution in [-0.4, -0.2) is 61.3 Å². The Morgan fingerprint density at radius 1 is 1.23 bits per heavy atom. The first kappa shape index (κ1) is 20.7. The third-order valence-corrected chi connectivity index (χ3v) is 6.44. The number of nitriles is 1. The van der Waals surface area contributed by atoms with Crippen LogP contribution in [0.1, 0.15) is 40.4 Å². The normalized spacial score (nSPS) is 16.9. The predicted octanol–water partition coefficient (Wildman–Crippen LogP) is 3.10. The number of carbonyl (C=O) groups excluding carboxylic acids is 1. The Morgan fingerprint density at radius 3 is 2.60 bits per heavy atom. The SMILES string of the molecule is CSc1nc(C2CC2)cc(C(=O)NCCN2CCN(c3ccccc3)CC2)c1C#N. The van der Waals surface area contributed by atoms with E-state index in [1.54, 1.807) is 0 Å². The Bertz CT molecular complexity index is 931. The summed E-state index contributed by atoms with van der Waals surface area (Å²) >= 11 is 1.43. The molecule has 2 fully saturated rings. The number of hydrogen-bond acceptors (Lipinski definition) is 6. The second-order valence-electron chi connectivity index (χ2n) is 7.79. The quantitative estimate of drug-likeness (QED) is 0.693. The van der Waals surface area contributed by atoms with Crippen LogP contribution in [0.2, 0.25) is 0 Å². The average molecular weight is 422 g/mol. The topological polar surface area (TPSA) is 72.3 Å². The fraction of sp³-hybridized carbons (Fsp3) is 0.435. The molecule has 1 aromatic carbocycles. The molecule has 0 radical (unpaired) electrons. The number of nitrogens with one attached hydrogen (secondary N) is 1. The lowest BCUT2D eigenvalue weighted by Gasteiger charge is -2.36. The lowest BCUT2D eigenvalue weighted by atomic mass is 10.1. The number of thioether (sulfide) groups is 1. The molecule has 0 spiro atoms. The van der Waals surface area contributed by atoms with Crippen molar-refractivity contribution in [1.29, 1.82) is 5.26 Å². The maximum atomic E-state index is 12.8. The van der Waals surface area contributed by atoms with Crippen molar-refractivity contribution in [2.24, 2.45) is 0 Å². The first-order valence-electron chi connectivity index (χ1n) is 10.5. The molecule has 7 heteroatoms. The van der Waals surface area contributed by atoms with Crippen LogP contribution >= 0.6 is 11.8 Å². The maximum absolute atomic E-state index is 12.8. The van der Waals surface area contributed by atoms with Crippen LogP contribution in [0.25, 0.3) is 0 Å². The van der Waals surface area contributed by atoms with Crippen LogP contribution in [0.3, 0.4) is 0 Å². The van der Waals surface area contributed by atoms with Crippen LogP contribution in [0, 0.1) is 11.3 Å². The van der Waals surface area contributed by atoms with Crippen molar-refractivity contribution < 1.29 is 4.79 Å². The number of piperazine rings is 1. The summed E-state index contributed by atoms with van der Waals surface area (Å²) in [5.41, 5.74) is 3.07. The highest BCUT2D eigenvalue weighted by atomic mass is 32.2. The monoisotopic (exact) mass is 421 g/mol. The Kier molecular flexibility index (Phi) is 6.56. The summed E-state index contributed by atoms with van der Waals surface area (Å²) in [6, 6.07) is 14.5. The van der Waals surface area contributed by atoms with Crippen LogP contribution in [0.4, 0.5) is 5.69 Å². The summed E-state index contributed by atoms with van der Waals surface area (Å²) in [7, 11) is 0. The van der Waals surface area contributed by atoms with Crippen molar-refractivity contribution in [1.82, 2.24) is 15.2 Å². The molecule has 30 heavy (non-hydrogen) atoms. The number of anilines is 1. The molecule has 0 unspecified atom stereocenters. The highest BCUT2D eigenvalue weighted by molar-refractivity contribution is 7.98. The molecular formula is C23H27N5OS. The van der Waals surface area contributed by atoms with Crippen LogP contribution in [-0.2, 0) is 0 Å².